The number of nitrogens with zero attached hydrogens (tertiary/aromatic N) is 3. The molecule has 1 unspecified atom stereocenters. The van der Waals surface area contributed by atoms with Gasteiger partial charge in [0.1, 0.15) is 17.7 Å². The van der Waals surface area contributed by atoms with Crippen LogP contribution in [0.25, 0.3) is 11.4 Å². The number of hydrogen-bond acceptors (Lipinski definition) is 4. The molecule has 110 valence electrons. The van der Waals surface area contributed by atoms with Crippen molar-refractivity contribution in [2.24, 2.45) is 0 Å². The number of hydrogen-bond donors (Lipinski definition) is 1. The molecule has 1 aromatic heterocycles. The fourth-order valence-corrected chi connectivity index (χ4v) is 2.74. The van der Waals surface area contributed by atoms with Crippen molar-refractivity contribution in [3.8, 4) is 17.1 Å². The first-order valence-corrected chi connectivity index (χ1v) is 7.07. The molecule has 0 saturated heterocycles. The summed E-state index contributed by atoms with van der Waals surface area (Å²) in [6.45, 7) is 0. The lowest BCUT2D eigenvalue weighted by atomic mass is 10.0. The van der Waals surface area contributed by atoms with Gasteiger partial charge in [0.15, 0.2) is 5.82 Å². The Morgan fingerprint density at radius 1 is 1.27 bits per heavy atom. The van der Waals surface area contributed by atoms with Crippen molar-refractivity contribution >= 4 is 11.6 Å². The Balaban J connectivity index is 1.66. The van der Waals surface area contributed by atoms with Crippen LogP contribution in [-0.2, 0) is 6.42 Å². The molecule has 3 aromatic rings. The van der Waals surface area contributed by atoms with Crippen LogP contribution in [0.15, 0.2) is 36.4 Å². The minimum Gasteiger partial charge on any atom is -0.485 e. The number of rotatable bonds is 2. The highest BCUT2D eigenvalue weighted by molar-refractivity contribution is 6.30. The highest BCUT2D eigenvalue weighted by atomic mass is 35.5. The third kappa shape index (κ3) is 2.21. The fraction of sp³-hybridized carbons (Fsp3) is 0.133. The highest BCUT2D eigenvalue weighted by Crippen LogP contribution is 2.39. The van der Waals surface area contributed by atoms with Gasteiger partial charge in [0.25, 0.3) is 0 Å². The minimum atomic E-state index is -0.425. The molecule has 0 aliphatic carbocycles. The van der Waals surface area contributed by atoms with E-state index in [-0.39, 0.29) is 11.1 Å². The van der Waals surface area contributed by atoms with Crippen LogP contribution in [0, 0.1) is 5.82 Å². The van der Waals surface area contributed by atoms with Crippen LogP contribution in [0.5, 0.6) is 5.75 Å². The first kappa shape index (κ1) is 13.2. The molecule has 0 bridgehead atoms. The van der Waals surface area contributed by atoms with Crippen LogP contribution >= 0.6 is 11.6 Å². The molecule has 22 heavy (non-hydrogen) atoms. The largest absolute Gasteiger partial charge is 0.485 e. The summed E-state index contributed by atoms with van der Waals surface area (Å²) in [5.74, 6) is 0.792. The van der Waals surface area contributed by atoms with Crippen molar-refractivity contribution in [1.29, 1.82) is 0 Å². The van der Waals surface area contributed by atoms with E-state index < -0.39 is 5.82 Å². The topological polar surface area (TPSA) is 63.7 Å². The Hall–Kier alpha value is -2.47. The van der Waals surface area contributed by atoms with Crippen LogP contribution in [-0.4, -0.2) is 20.6 Å². The second kappa shape index (κ2) is 5.06. The number of tetrazole rings is 1. The average molecular weight is 317 g/mol. The van der Waals surface area contributed by atoms with E-state index in [0.717, 1.165) is 16.7 Å². The van der Waals surface area contributed by atoms with Crippen molar-refractivity contribution in [1.82, 2.24) is 20.6 Å². The number of aromatic nitrogens is 4. The Bertz CT molecular complexity index is 807. The molecule has 2 heterocycles. The molecule has 1 atom stereocenters. The molecule has 0 spiro atoms. The Labute approximate surface area is 130 Å². The zero-order valence-corrected chi connectivity index (χ0v) is 12.0. The van der Waals surface area contributed by atoms with E-state index >= 15 is 0 Å². The number of benzene rings is 2. The van der Waals surface area contributed by atoms with Crippen molar-refractivity contribution in [2.75, 3.05) is 0 Å². The minimum absolute atomic E-state index is 0.0703. The predicted octanol–water partition coefficient (Wildman–Crippen LogP) is 3.34. The smallest absolute Gasteiger partial charge is 0.179 e. The third-order valence-electron chi connectivity index (χ3n) is 3.66. The number of fused-ring (bicyclic) bond motifs is 1. The molecule has 1 N–H and O–H groups in total. The maximum absolute atomic E-state index is 13.5. The van der Waals surface area contributed by atoms with E-state index in [9.17, 15) is 4.39 Å². The Morgan fingerprint density at radius 3 is 3.00 bits per heavy atom. The normalized spacial score (nSPS) is 16.4. The second-order valence-corrected chi connectivity index (χ2v) is 5.47. The number of H-pyrrole nitrogens is 1. The summed E-state index contributed by atoms with van der Waals surface area (Å²) < 4.78 is 19.4. The summed E-state index contributed by atoms with van der Waals surface area (Å²) in [5, 5.41) is 13.8. The molecule has 5 nitrogen and oxygen atoms in total. The second-order valence-electron chi connectivity index (χ2n) is 5.06. The van der Waals surface area contributed by atoms with Crippen LogP contribution in [0.3, 0.4) is 0 Å². The molecule has 1 aliphatic heterocycles. The Morgan fingerprint density at radius 2 is 2.18 bits per heavy atom. The summed E-state index contributed by atoms with van der Waals surface area (Å²) in [5.41, 5.74) is 2.66. The van der Waals surface area contributed by atoms with Gasteiger partial charge in [-0.3, -0.25) is 0 Å². The SMILES string of the molecule is Fc1cc2c(cc1Cl)OC(c1cccc(-c3nnn[nH]3)c1)C2. The monoisotopic (exact) mass is 316 g/mol. The van der Waals surface area contributed by atoms with Crippen molar-refractivity contribution < 1.29 is 9.13 Å². The molecular weight excluding hydrogens is 307 g/mol. The summed E-state index contributed by atoms with van der Waals surface area (Å²) >= 11 is 5.80. The maximum Gasteiger partial charge on any atom is 0.179 e. The van der Waals surface area contributed by atoms with Gasteiger partial charge in [-0.15, -0.1) is 5.10 Å². The zero-order chi connectivity index (χ0) is 15.1. The lowest BCUT2D eigenvalue weighted by molar-refractivity contribution is 0.239. The number of ether oxygens (including phenoxy) is 1. The van der Waals surface area contributed by atoms with Crippen molar-refractivity contribution in [2.45, 2.75) is 12.5 Å². The molecule has 1 aliphatic rings. The zero-order valence-electron chi connectivity index (χ0n) is 11.3. The maximum atomic E-state index is 13.5. The molecule has 0 saturated carbocycles. The average Bonchev–Trinajstić information content (AvgIpc) is 3.17. The molecule has 0 radical (unpaired) electrons. The lowest BCUT2D eigenvalue weighted by Gasteiger charge is -2.11. The molecule has 2 aromatic carbocycles. The molecular formula is C15H10ClFN4O. The van der Waals surface area contributed by atoms with E-state index in [0.29, 0.717) is 18.0 Å². The van der Waals surface area contributed by atoms with E-state index in [1.165, 1.54) is 12.1 Å². The molecule has 7 heteroatoms. The first-order chi connectivity index (χ1) is 10.7. The molecule has 0 amide bonds. The number of halogens is 2. The van der Waals surface area contributed by atoms with Crippen molar-refractivity contribution in [3.05, 3.63) is 58.4 Å². The van der Waals surface area contributed by atoms with E-state index in [1.807, 2.05) is 24.3 Å². The van der Waals surface area contributed by atoms with Crippen LogP contribution in [0.1, 0.15) is 17.2 Å². The highest BCUT2D eigenvalue weighted by Gasteiger charge is 2.26. The number of aromatic amines is 1. The quantitative estimate of drug-likeness (QED) is 0.787. The van der Waals surface area contributed by atoms with Crippen LogP contribution in [0.2, 0.25) is 5.02 Å². The third-order valence-corrected chi connectivity index (χ3v) is 3.94. The molecule has 0 fully saturated rings. The summed E-state index contributed by atoms with van der Waals surface area (Å²) in [6.07, 6.45) is 0.422. The lowest BCUT2D eigenvalue weighted by Crippen LogP contribution is -2.03. The van der Waals surface area contributed by atoms with E-state index in [1.54, 1.807) is 0 Å². The van der Waals surface area contributed by atoms with Gasteiger partial charge in [-0.1, -0.05) is 29.8 Å². The summed E-state index contributed by atoms with van der Waals surface area (Å²) in [4.78, 5) is 0. The number of nitrogens with one attached hydrogen (secondary N) is 1. The van der Waals surface area contributed by atoms with Gasteiger partial charge in [0, 0.05) is 23.6 Å². The van der Waals surface area contributed by atoms with Crippen molar-refractivity contribution in [3.63, 3.8) is 0 Å². The van der Waals surface area contributed by atoms with Gasteiger partial charge in [-0.05, 0) is 28.1 Å². The first-order valence-electron chi connectivity index (χ1n) is 6.69. The van der Waals surface area contributed by atoms with Gasteiger partial charge in [0.05, 0.1) is 5.02 Å². The van der Waals surface area contributed by atoms with Crippen LogP contribution < -0.4 is 4.74 Å². The van der Waals surface area contributed by atoms with Gasteiger partial charge in [-0.25, -0.2) is 9.49 Å². The Kier molecular flexibility index (Phi) is 3.04. The van der Waals surface area contributed by atoms with Crippen LogP contribution in [0.4, 0.5) is 4.39 Å². The predicted molar refractivity (Wildman–Crippen MR) is 78.1 cm³/mol. The summed E-state index contributed by atoms with van der Waals surface area (Å²) in [6, 6.07) is 10.7. The van der Waals surface area contributed by atoms with Gasteiger partial charge >= 0.3 is 0 Å². The standard InChI is InChI=1S/C15H10ClFN4O/c16-11-7-14-10(5-12(11)17)6-13(22-14)8-2-1-3-9(4-8)15-18-20-21-19-15/h1-5,7,13H,6H2,(H,18,19,20,21). The summed E-state index contributed by atoms with van der Waals surface area (Å²) in [7, 11) is 0. The van der Waals surface area contributed by atoms with Gasteiger partial charge in [-0.2, -0.15) is 0 Å². The van der Waals surface area contributed by atoms with Gasteiger partial charge in [0.2, 0.25) is 0 Å². The van der Waals surface area contributed by atoms with E-state index in [4.69, 9.17) is 16.3 Å². The fourth-order valence-electron chi connectivity index (χ4n) is 2.59. The van der Waals surface area contributed by atoms with Gasteiger partial charge < -0.3 is 4.74 Å². The van der Waals surface area contributed by atoms with E-state index in [2.05, 4.69) is 20.6 Å². The molecule has 4 rings (SSSR count).